The second kappa shape index (κ2) is 5.68. The van der Waals surface area contributed by atoms with Gasteiger partial charge in [-0.25, -0.2) is 16.8 Å². The van der Waals surface area contributed by atoms with E-state index in [1.807, 2.05) is 0 Å². The highest BCUT2D eigenvalue weighted by Crippen LogP contribution is 2.30. The summed E-state index contributed by atoms with van der Waals surface area (Å²) in [6.45, 7) is 1.67. The molecule has 1 heterocycles. The first kappa shape index (κ1) is 15.5. The van der Waals surface area contributed by atoms with Gasteiger partial charge in [-0.15, -0.1) is 0 Å². The summed E-state index contributed by atoms with van der Waals surface area (Å²) in [7, 11) is -4.04. The highest BCUT2D eigenvalue weighted by atomic mass is 32.2. The fraction of sp³-hybridized carbons (Fsp3) is 0.125. The van der Waals surface area contributed by atoms with Crippen molar-refractivity contribution in [3.05, 3.63) is 60.5 Å². The minimum Gasteiger partial charge on any atom is -0.475 e. The smallest absolute Gasteiger partial charge is 0.271 e. The molecule has 0 aliphatic carbocycles. The lowest BCUT2D eigenvalue weighted by Gasteiger charge is -2.12. The van der Waals surface area contributed by atoms with Crippen LogP contribution in [0.2, 0.25) is 0 Å². The summed E-state index contributed by atoms with van der Waals surface area (Å²) in [4.78, 5) is -0.379. The van der Waals surface area contributed by atoms with Crippen molar-refractivity contribution in [3.63, 3.8) is 0 Å². The predicted molar refractivity (Wildman–Crippen MR) is 85.2 cm³/mol. The Kier molecular flexibility index (Phi) is 3.83. The third-order valence-corrected chi connectivity index (χ3v) is 5.07. The molecule has 0 fully saturated rings. The van der Waals surface area contributed by atoms with Crippen LogP contribution in [0.5, 0.6) is 5.75 Å². The van der Waals surface area contributed by atoms with E-state index in [9.17, 15) is 12.8 Å². The maximum absolute atomic E-state index is 13.9. The fourth-order valence-electron chi connectivity index (χ4n) is 2.39. The number of hydrogen-bond donors (Lipinski definition) is 1. The van der Waals surface area contributed by atoms with Crippen LogP contribution in [0.25, 0.3) is 10.9 Å². The fourth-order valence-corrected chi connectivity index (χ4v) is 3.80. The number of nitrogens with two attached hydrogens (primary N) is 1. The molecule has 3 aromatic rings. The van der Waals surface area contributed by atoms with Crippen LogP contribution in [0.15, 0.2) is 59.6 Å². The van der Waals surface area contributed by atoms with E-state index in [4.69, 9.17) is 10.5 Å². The van der Waals surface area contributed by atoms with Crippen molar-refractivity contribution in [1.82, 2.24) is 3.97 Å². The average Bonchev–Trinajstić information content (AvgIpc) is 2.92. The summed E-state index contributed by atoms with van der Waals surface area (Å²) in [6.07, 6.45) is 0.840. The third kappa shape index (κ3) is 2.69. The van der Waals surface area contributed by atoms with Gasteiger partial charge < -0.3 is 4.74 Å². The second-order valence-corrected chi connectivity index (χ2v) is 6.84. The Bertz CT molecular complexity index is 964. The summed E-state index contributed by atoms with van der Waals surface area (Å²) in [5, 5.41) is 0.588. The Morgan fingerprint density at radius 3 is 2.57 bits per heavy atom. The molecule has 1 unspecified atom stereocenters. The van der Waals surface area contributed by atoms with Crippen LogP contribution >= 0.6 is 0 Å². The molecule has 2 N–H and O–H groups in total. The van der Waals surface area contributed by atoms with Crippen molar-refractivity contribution in [2.24, 2.45) is 5.73 Å². The summed E-state index contributed by atoms with van der Waals surface area (Å²) in [5.74, 6) is -0.322. The molecule has 0 amide bonds. The predicted octanol–water partition coefficient (Wildman–Crippen LogP) is 2.70. The van der Waals surface area contributed by atoms with Gasteiger partial charge in [-0.1, -0.05) is 18.2 Å². The highest BCUT2D eigenvalue weighted by Gasteiger charge is 2.23. The van der Waals surface area contributed by atoms with Crippen molar-refractivity contribution in [1.29, 1.82) is 0 Å². The van der Waals surface area contributed by atoms with Gasteiger partial charge in [0, 0.05) is 11.6 Å². The van der Waals surface area contributed by atoms with E-state index in [1.165, 1.54) is 24.4 Å². The van der Waals surface area contributed by atoms with Crippen LogP contribution in [-0.4, -0.2) is 18.6 Å². The normalized spacial score (nSPS) is 13.2. The lowest BCUT2D eigenvalue weighted by Crippen LogP contribution is -2.22. The lowest BCUT2D eigenvalue weighted by molar-refractivity contribution is 0.233. The molecule has 0 saturated heterocycles. The van der Waals surface area contributed by atoms with Crippen LogP contribution in [0.1, 0.15) is 6.92 Å². The molecule has 1 aromatic heterocycles. The summed E-state index contributed by atoms with van der Waals surface area (Å²) in [6, 6.07) is 11.9. The molecule has 0 aliphatic heterocycles. The SMILES string of the molecule is CC(N)Oc1cccc2c1ccn2S(=O)(=O)c1ccccc1F. The highest BCUT2D eigenvalue weighted by molar-refractivity contribution is 7.90. The van der Waals surface area contributed by atoms with Gasteiger partial charge >= 0.3 is 0 Å². The lowest BCUT2D eigenvalue weighted by atomic mass is 10.2. The Morgan fingerprint density at radius 2 is 1.87 bits per heavy atom. The van der Waals surface area contributed by atoms with Gasteiger partial charge in [0.25, 0.3) is 10.0 Å². The van der Waals surface area contributed by atoms with E-state index in [0.29, 0.717) is 16.7 Å². The first-order valence-corrected chi connectivity index (χ1v) is 8.37. The Labute approximate surface area is 133 Å². The number of fused-ring (bicyclic) bond motifs is 1. The molecular formula is C16H15FN2O3S. The van der Waals surface area contributed by atoms with Crippen LogP contribution in [-0.2, 0) is 10.0 Å². The van der Waals surface area contributed by atoms with E-state index in [0.717, 1.165) is 10.0 Å². The van der Waals surface area contributed by atoms with Gasteiger partial charge in [0.15, 0.2) is 0 Å². The quantitative estimate of drug-likeness (QED) is 0.745. The zero-order chi connectivity index (χ0) is 16.6. The van der Waals surface area contributed by atoms with E-state index >= 15 is 0 Å². The molecule has 7 heteroatoms. The van der Waals surface area contributed by atoms with Gasteiger partial charge in [0.05, 0.1) is 5.52 Å². The summed E-state index contributed by atoms with van der Waals surface area (Å²) < 4.78 is 45.9. The van der Waals surface area contributed by atoms with E-state index in [2.05, 4.69) is 0 Å². The average molecular weight is 334 g/mol. The standard InChI is InChI=1S/C16H15FN2O3S/c1-11(18)22-15-7-4-6-14-12(15)9-10-19(14)23(20,21)16-8-3-2-5-13(16)17/h2-11H,18H2,1H3. The zero-order valence-electron chi connectivity index (χ0n) is 12.3. The van der Waals surface area contributed by atoms with E-state index < -0.39 is 22.1 Å². The van der Waals surface area contributed by atoms with Gasteiger partial charge in [-0.3, -0.25) is 5.73 Å². The van der Waals surface area contributed by atoms with Crippen LogP contribution in [0, 0.1) is 5.82 Å². The van der Waals surface area contributed by atoms with Crippen molar-refractivity contribution in [2.75, 3.05) is 0 Å². The topological polar surface area (TPSA) is 74.3 Å². The molecule has 0 bridgehead atoms. The molecule has 23 heavy (non-hydrogen) atoms. The van der Waals surface area contributed by atoms with Crippen molar-refractivity contribution in [2.45, 2.75) is 18.0 Å². The number of aromatic nitrogens is 1. The van der Waals surface area contributed by atoms with Crippen molar-refractivity contribution in [3.8, 4) is 5.75 Å². The molecule has 0 radical (unpaired) electrons. The summed E-state index contributed by atoms with van der Waals surface area (Å²) in [5.41, 5.74) is 6.02. The van der Waals surface area contributed by atoms with Crippen molar-refractivity contribution < 1.29 is 17.5 Å². The van der Waals surface area contributed by atoms with Crippen molar-refractivity contribution >= 4 is 20.9 Å². The Balaban J connectivity index is 2.20. The molecule has 5 nitrogen and oxygen atoms in total. The van der Waals surface area contributed by atoms with Crippen LogP contribution in [0.4, 0.5) is 4.39 Å². The minimum atomic E-state index is -4.04. The first-order chi connectivity index (χ1) is 10.9. The first-order valence-electron chi connectivity index (χ1n) is 6.93. The number of benzene rings is 2. The largest absolute Gasteiger partial charge is 0.475 e. The molecule has 1 atom stereocenters. The number of nitrogens with zero attached hydrogens (tertiary/aromatic N) is 1. The van der Waals surface area contributed by atoms with E-state index in [1.54, 1.807) is 31.2 Å². The van der Waals surface area contributed by atoms with Gasteiger partial charge in [-0.05, 0) is 37.3 Å². The Morgan fingerprint density at radius 1 is 1.13 bits per heavy atom. The molecule has 0 spiro atoms. The minimum absolute atomic E-state index is 0.379. The molecule has 120 valence electrons. The monoisotopic (exact) mass is 334 g/mol. The number of halogens is 1. The second-order valence-electron chi connectivity index (χ2n) is 5.06. The Hall–Kier alpha value is -2.38. The van der Waals surface area contributed by atoms with Crippen LogP contribution < -0.4 is 10.5 Å². The number of hydrogen-bond acceptors (Lipinski definition) is 4. The van der Waals surface area contributed by atoms with Gasteiger partial charge in [-0.2, -0.15) is 0 Å². The maximum Gasteiger partial charge on any atom is 0.271 e. The van der Waals surface area contributed by atoms with Gasteiger partial charge in [0.1, 0.15) is 22.7 Å². The van der Waals surface area contributed by atoms with Gasteiger partial charge in [0.2, 0.25) is 0 Å². The third-order valence-electron chi connectivity index (χ3n) is 3.34. The molecular weight excluding hydrogens is 319 g/mol. The zero-order valence-corrected chi connectivity index (χ0v) is 13.1. The number of ether oxygens (including phenoxy) is 1. The van der Waals surface area contributed by atoms with E-state index in [-0.39, 0.29) is 4.90 Å². The molecule has 2 aromatic carbocycles. The number of rotatable bonds is 4. The molecule has 3 rings (SSSR count). The summed E-state index contributed by atoms with van der Waals surface area (Å²) >= 11 is 0. The molecule has 0 aliphatic rings. The molecule has 0 saturated carbocycles. The maximum atomic E-state index is 13.9. The van der Waals surface area contributed by atoms with Crippen LogP contribution in [0.3, 0.4) is 0 Å².